The van der Waals surface area contributed by atoms with Gasteiger partial charge < -0.3 is 10.2 Å². The van der Waals surface area contributed by atoms with Gasteiger partial charge in [-0.2, -0.15) is 4.31 Å². The van der Waals surface area contributed by atoms with Crippen LogP contribution in [0.3, 0.4) is 0 Å². The van der Waals surface area contributed by atoms with Crippen molar-refractivity contribution in [3.8, 4) is 11.3 Å². The number of fused-ring (bicyclic) bond motifs is 3. The van der Waals surface area contributed by atoms with Gasteiger partial charge in [0.05, 0.1) is 17.1 Å². The topological polar surface area (TPSA) is 82.6 Å². The summed E-state index contributed by atoms with van der Waals surface area (Å²) in [4.78, 5) is 19.9. The van der Waals surface area contributed by atoms with Crippen LogP contribution in [-0.4, -0.2) is 62.2 Å². The number of nitrogens with zero attached hydrogens (tertiary/aromatic N) is 3. The number of hydrogen-bond donors (Lipinski definition) is 1. The van der Waals surface area contributed by atoms with E-state index in [2.05, 4.69) is 10.3 Å². The van der Waals surface area contributed by atoms with Crippen molar-refractivity contribution in [3.63, 3.8) is 0 Å². The Bertz CT molecular complexity index is 922. The molecule has 0 saturated carbocycles. The number of carbonyl (C=O) groups excluding carboxylic acids is 1. The molecule has 140 valence electrons. The number of aromatic nitrogens is 1. The Hall–Kier alpha value is -1.81. The van der Waals surface area contributed by atoms with E-state index < -0.39 is 10.0 Å². The van der Waals surface area contributed by atoms with Crippen LogP contribution in [0.1, 0.15) is 21.6 Å². The van der Waals surface area contributed by atoms with Crippen LogP contribution in [0.4, 0.5) is 0 Å². The maximum absolute atomic E-state index is 12.9. The molecule has 0 radical (unpaired) electrons. The maximum Gasteiger partial charge on any atom is 0.280 e. The molecule has 7 nitrogen and oxygen atoms in total. The lowest BCUT2D eigenvalue weighted by Crippen LogP contribution is -2.31. The first-order valence-electron chi connectivity index (χ1n) is 8.36. The van der Waals surface area contributed by atoms with Crippen molar-refractivity contribution < 1.29 is 13.2 Å². The van der Waals surface area contributed by atoms with Gasteiger partial charge in [-0.1, -0.05) is 25.1 Å². The van der Waals surface area contributed by atoms with E-state index in [1.54, 1.807) is 31.2 Å². The zero-order valence-corrected chi connectivity index (χ0v) is 16.7. The molecule has 0 aliphatic carbocycles. The van der Waals surface area contributed by atoms with Crippen LogP contribution in [0.15, 0.2) is 29.2 Å². The Balaban J connectivity index is 1.99. The fraction of sp³-hybridized carbons (Fsp3) is 0.412. The fourth-order valence-corrected chi connectivity index (χ4v) is 5.49. The van der Waals surface area contributed by atoms with Crippen molar-refractivity contribution in [2.75, 3.05) is 33.7 Å². The number of likely N-dealkylation sites (N-methyl/N-ethyl adjacent to an activating group) is 1. The first-order valence-corrected chi connectivity index (χ1v) is 10.6. The number of nitrogens with one attached hydrogen (secondary N) is 1. The Morgan fingerprint density at radius 3 is 2.77 bits per heavy atom. The molecule has 0 saturated heterocycles. The molecular weight excluding hydrogens is 372 g/mol. The summed E-state index contributed by atoms with van der Waals surface area (Å²) < 4.78 is 27.1. The largest absolute Gasteiger partial charge is 0.349 e. The highest BCUT2D eigenvalue weighted by Gasteiger charge is 2.33. The molecule has 1 aromatic heterocycles. The zero-order valence-electron chi connectivity index (χ0n) is 15.0. The molecule has 26 heavy (non-hydrogen) atoms. The number of benzene rings is 1. The van der Waals surface area contributed by atoms with Crippen LogP contribution >= 0.6 is 11.3 Å². The van der Waals surface area contributed by atoms with Crippen molar-refractivity contribution in [1.29, 1.82) is 0 Å². The minimum Gasteiger partial charge on any atom is -0.349 e. The van der Waals surface area contributed by atoms with E-state index in [-0.39, 0.29) is 17.3 Å². The smallest absolute Gasteiger partial charge is 0.280 e. The first-order chi connectivity index (χ1) is 12.3. The van der Waals surface area contributed by atoms with Gasteiger partial charge in [0.25, 0.3) is 5.91 Å². The Kier molecular flexibility index (Phi) is 5.42. The zero-order chi connectivity index (χ0) is 18.9. The second-order valence-corrected chi connectivity index (χ2v) is 9.27. The quantitative estimate of drug-likeness (QED) is 0.833. The van der Waals surface area contributed by atoms with Crippen LogP contribution in [0.5, 0.6) is 0 Å². The SMILES string of the molecule is CCN1Cc2sc(C(=O)NCCN(C)C)nc2-c2ccccc2S1(=O)=O. The van der Waals surface area contributed by atoms with Crippen molar-refractivity contribution >= 4 is 27.3 Å². The highest BCUT2D eigenvalue weighted by atomic mass is 32.2. The molecule has 1 aliphatic heterocycles. The van der Waals surface area contributed by atoms with E-state index in [9.17, 15) is 13.2 Å². The lowest BCUT2D eigenvalue weighted by molar-refractivity contribution is 0.0950. The molecule has 1 aromatic carbocycles. The number of sulfonamides is 1. The number of amides is 1. The molecule has 0 fully saturated rings. The summed E-state index contributed by atoms with van der Waals surface area (Å²) in [5, 5.41) is 3.22. The minimum absolute atomic E-state index is 0.228. The summed E-state index contributed by atoms with van der Waals surface area (Å²) in [5.74, 6) is -0.228. The number of hydrogen-bond acceptors (Lipinski definition) is 6. The van der Waals surface area contributed by atoms with E-state index in [4.69, 9.17) is 0 Å². The molecule has 2 heterocycles. The van der Waals surface area contributed by atoms with E-state index in [0.29, 0.717) is 29.4 Å². The molecule has 1 amide bonds. The Morgan fingerprint density at radius 2 is 2.08 bits per heavy atom. The fourth-order valence-electron chi connectivity index (χ4n) is 2.79. The number of thiazole rings is 1. The third kappa shape index (κ3) is 3.52. The van der Waals surface area contributed by atoms with Crippen molar-refractivity contribution in [2.24, 2.45) is 0 Å². The molecule has 0 spiro atoms. The lowest BCUT2D eigenvalue weighted by atomic mass is 10.1. The van der Waals surface area contributed by atoms with Gasteiger partial charge >= 0.3 is 0 Å². The summed E-state index contributed by atoms with van der Waals surface area (Å²) in [5.41, 5.74) is 1.14. The molecule has 2 aromatic rings. The van der Waals surface area contributed by atoms with Gasteiger partial charge in [-0.3, -0.25) is 4.79 Å². The normalized spacial score (nSPS) is 16.0. The van der Waals surface area contributed by atoms with Gasteiger partial charge in [0.2, 0.25) is 10.0 Å². The third-order valence-corrected chi connectivity index (χ3v) is 7.19. The van der Waals surface area contributed by atoms with Gasteiger partial charge in [0, 0.05) is 30.1 Å². The average Bonchev–Trinajstić information content (AvgIpc) is 2.99. The van der Waals surface area contributed by atoms with Crippen LogP contribution < -0.4 is 5.32 Å². The second-order valence-electron chi connectivity index (χ2n) is 6.28. The maximum atomic E-state index is 12.9. The van der Waals surface area contributed by atoms with Crippen molar-refractivity contribution in [3.05, 3.63) is 34.2 Å². The van der Waals surface area contributed by atoms with E-state index in [0.717, 1.165) is 11.4 Å². The summed E-state index contributed by atoms with van der Waals surface area (Å²) in [6.45, 7) is 3.66. The van der Waals surface area contributed by atoms with Crippen molar-refractivity contribution in [1.82, 2.24) is 19.5 Å². The van der Waals surface area contributed by atoms with Crippen molar-refractivity contribution in [2.45, 2.75) is 18.4 Å². The summed E-state index contributed by atoms with van der Waals surface area (Å²) in [6.07, 6.45) is 0. The van der Waals surface area contributed by atoms with Gasteiger partial charge in [0.15, 0.2) is 5.01 Å². The lowest BCUT2D eigenvalue weighted by Gasteiger charge is -2.18. The standard InChI is InChI=1S/C17H22N4O3S2/c1-4-21-11-13-15(12-7-5-6-8-14(12)26(21,23)24)19-17(25-13)16(22)18-9-10-20(2)3/h5-8H,4,9-11H2,1-3H3,(H,18,22). The molecule has 0 unspecified atom stereocenters. The number of carbonyl (C=O) groups is 1. The van der Waals surface area contributed by atoms with Gasteiger partial charge in [-0.15, -0.1) is 11.3 Å². The molecule has 9 heteroatoms. The van der Waals surface area contributed by atoms with Crippen LogP contribution in [0.2, 0.25) is 0 Å². The van der Waals surface area contributed by atoms with Gasteiger partial charge in [-0.25, -0.2) is 13.4 Å². The van der Waals surface area contributed by atoms with Crippen LogP contribution in [0, 0.1) is 0 Å². The molecule has 3 rings (SSSR count). The molecular formula is C17H22N4O3S2. The molecule has 1 aliphatic rings. The second kappa shape index (κ2) is 7.43. The van der Waals surface area contributed by atoms with Crippen LogP contribution in [0.25, 0.3) is 11.3 Å². The molecule has 0 bridgehead atoms. The first kappa shape index (κ1) is 19.0. The highest BCUT2D eigenvalue weighted by molar-refractivity contribution is 7.89. The third-order valence-electron chi connectivity index (χ3n) is 4.17. The van der Waals surface area contributed by atoms with E-state index in [1.807, 2.05) is 19.0 Å². The molecule has 1 N–H and O–H groups in total. The highest BCUT2D eigenvalue weighted by Crippen LogP contribution is 2.38. The average molecular weight is 395 g/mol. The van der Waals surface area contributed by atoms with E-state index in [1.165, 1.54) is 15.6 Å². The predicted molar refractivity (Wildman–Crippen MR) is 102 cm³/mol. The molecule has 0 atom stereocenters. The summed E-state index contributed by atoms with van der Waals surface area (Å²) in [7, 11) is 0.308. The minimum atomic E-state index is -3.57. The van der Waals surface area contributed by atoms with Gasteiger partial charge in [-0.05, 0) is 20.2 Å². The predicted octanol–water partition coefficient (Wildman–Crippen LogP) is 1.63. The summed E-state index contributed by atoms with van der Waals surface area (Å²) in [6, 6.07) is 6.84. The van der Waals surface area contributed by atoms with E-state index >= 15 is 0 Å². The van der Waals surface area contributed by atoms with Crippen LogP contribution in [-0.2, 0) is 16.6 Å². The number of rotatable bonds is 5. The Morgan fingerprint density at radius 1 is 1.35 bits per heavy atom. The van der Waals surface area contributed by atoms with Gasteiger partial charge in [0.1, 0.15) is 0 Å². The monoisotopic (exact) mass is 394 g/mol. The Labute approximate surface area is 157 Å². The summed E-state index contributed by atoms with van der Waals surface area (Å²) >= 11 is 1.26.